The van der Waals surface area contributed by atoms with Crippen LogP contribution in [0.25, 0.3) is 0 Å². The van der Waals surface area contributed by atoms with Crippen molar-refractivity contribution >= 4 is 11.8 Å². The zero-order valence-electron chi connectivity index (χ0n) is 8.82. The highest BCUT2D eigenvalue weighted by Crippen LogP contribution is 2.07. The van der Waals surface area contributed by atoms with Crippen LogP contribution in [0.5, 0.6) is 0 Å². The summed E-state index contributed by atoms with van der Waals surface area (Å²) in [6.45, 7) is 2.39. The van der Waals surface area contributed by atoms with Gasteiger partial charge in [0.1, 0.15) is 0 Å². The number of primary amides is 1. The molecule has 0 aromatic carbocycles. The molecule has 14 heavy (non-hydrogen) atoms. The molecule has 0 bridgehead atoms. The molecular weight excluding hydrogens is 182 g/mol. The molecule has 1 atom stereocenters. The van der Waals surface area contributed by atoms with E-state index in [-0.39, 0.29) is 18.4 Å². The van der Waals surface area contributed by atoms with Crippen LogP contribution in [0, 0.1) is 5.92 Å². The van der Waals surface area contributed by atoms with Crippen LogP contribution in [-0.2, 0) is 9.59 Å². The van der Waals surface area contributed by atoms with E-state index < -0.39 is 5.91 Å². The van der Waals surface area contributed by atoms with Crippen LogP contribution in [0.15, 0.2) is 0 Å². The monoisotopic (exact) mass is 201 g/mol. The van der Waals surface area contributed by atoms with E-state index in [0.29, 0.717) is 6.54 Å². The number of hydrogen-bond acceptors (Lipinski definition) is 3. The molecular formula is C9H19N3O2. The van der Waals surface area contributed by atoms with Crippen molar-refractivity contribution in [2.75, 3.05) is 20.1 Å². The summed E-state index contributed by atoms with van der Waals surface area (Å²) in [5.74, 6) is -0.646. The Balaban J connectivity index is 3.97. The molecule has 82 valence electrons. The van der Waals surface area contributed by atoms with E-state index in [2.05, 4.69) is 0 Å². The SMILES string of the molecule is CC(CCCN)C(=O)N(C)CC(N)=O. The van der Waals surface area contributed by atoms with Gasteiger partial charge in [-0.15, -0.1) is 0 Å². The molecule has 0 aromatic heterocycles. The summed E-state index contributed by atoms with van der Waals surface area (Å²) in [6, 6.07) is 0. The fourth-order valence-corrected chi connectivity index (χ4v) is 1.24. The van der Waals surface area contributed by atoms with Crippen molar-refractivity contribution in [3.8, 4) is 0 Å². The Kier molecular flexibility index (Phi) is 5.87. The molecule has 0 heterocycles. The molecule has 0 saturated carbocycles. The van der Waals surface area contributed by atoms with Crippen LogP contribution in [0.3, 0.4) is 0 Å². The molecule has 0 aliphatic rings. The number of nitrogens with two attached hydrogens (primary N) is 2. The Morgan fingerprint density at radius 2 is 2.00 bits per heavy atom. The minimum absolute atomic E-state index is 0.0220. The molecule has 0 aliphatic carbocycles. The predicted molar refractivity (Wildman–Crippen MR) is 54.3 cm³/mol. The molecule has 0 fully saturated rings. The third kappa shape index (κ3) is 4.81. The normalized spacial score (nSPS) is 12.2. The van der Waals surface area contributed by atoms with Gasteiger partial charge in [0.05, 0.1) is 6.54 Å². The van der Waals surface area contributed by atoms with Gasteiger partial charge in [-0.2, -0.15) is 0 Å². The summed E-state index contributed by atoms with van der Waals surface area (Å²) in [6.07, 6.45) is 1.57. The average molecular weight is 201 g/mol. The molecule has 2 amide bonds. The molecule has 0 spiro atoms. The molecule has 0 aromatic rings. The number of hydrogen-bond donors (Lipinski definition) is 2. The van der Waals surface area contributed by atoms with Gasteiger partial charge < -0.3 is 16.4 Å². The first-order chi connectivity index (χ1) is 6.49. The maximum atomic E-state index is 11.6. The summed E-state index contributed by atoms with van der Waals surface area (Å²) >= 11 is 0. The van der Waals surface area contributed by atoms with Gasteiger partial charge in [-0.1, -0.05) is 6.92 Å². The minimum Gasteiger partial charge on any atom is -0.368 e. The van der Waals surface area contributed by atoms with Crippen molar-refractivity contribution in [1.29, 1.82) is 0 Å². The second kappa shape index (κ2) is 6.37. The van der Waals surface area contributed by atoms with Gasteiger partial charge in [-0.3, -0.25) is 9.59 Å². The van der Waals surface area contributed by atoms with E-state index in [1.165, 1.54) is 4.90 Å². The lowest BCUT2D eigenvalue weighted by Gasteiger charge is -2.19. The third-order valence-electron chi connectivity index (χ3n) is 2.03. The van der Waals surface area contributed by atoms with Crippen LogP contribution >= 0.6 is 0 Å². The fraction of sp³-hybridized carbons (Fsp3) is 0.778. The smallest absolute Gasteiger partial charge is 0.237 e. The number of carbonyl (C=O) groups is 2. The molecule has 5 heteroatoms. The molecule has 5 nitrogen and oxygen atoms in total. The van der Waals surface area contributed by atoms with E-state index in [1.807, 2.05) is 6.92 Å². The summed E-state index contributed by atoms with van der Waals surface area (Å²) in [5, 5.41) is 0. The number of likely N-dealkylation sites (N-methyl/N-ethyl adjacent to an activating group) is 1. The molecule has 0 radical (unpaired) electrons. The second-order valence-corrected chi connectivity index (χ2v) is 3.49. The largest absolute Gasteiger partial charge is 0.368 e. The average Bonchev–Trinajstić information content (AvgIpc) is 2.11. The van der Waals surface area contributed by atoms with Gasteiger partial charge in [0.25, 0.3) is 0 Å². The van der Waals surface area contributed by atoms with Gasteiger partial charge in [-0.25, -0.2) is 0 Å². The Hall–Kier alpha value is -1.10. The van der Waals surface area contributed by atoms with Crippen molar-refractivity contribution in [1.82, 2.24) is 4.90 Å². The van der Waals surface area contributed by atoms with Gasteiger partial charge >= 0.3 is 0 Å². The highest BCUT2D eigenvalue weighted by Gasteiger charge is 2.17. The minimum atomic E-state index is -0.494. The Labute approximate surface area is 84.4 Å². The number of amides is 2. The van der Waals surface area contributed by atoms with Crippen molar-refractivity contribution in [2.45, 2.75) is 19.8 Å². The summed E-state index contributed by atoms with van der Waals surface area (Å²) in [7, 11) is 1.58. The van der Waals surface area contributed by atoms with E-state index in [9.17, 15) is 9.59 Å². The van der Waals surface area contributed by atoms with Gasteiger partial charge in [-0.05, 0) is 19.4 Å². The maximum absolute atomic E-state index is 11.6. The summed E-state index contributed by atoms with van der Waals surface area (Å²) < 4.78 is 0. The third-order valence-corrected chi connectivity index (χ3v) is 2.03. The van der Waals surface area contributed by atoms with E-state index in [1.54, 1.807) is 7.05 Å². The Morgan fingerprint density at radius 3 is 2.43 bits per heavy atom. The summed E-state index contributed by atoms with van der Waals surface area (Å²) in [5.41, 5.74) is 10.3. The molecule has 0 aliphatic heterocycles. The Morgan fingerprint density at radius 1 is 1.43 bits per heavy atom. The summed E-state index contributed by atoms with van der Waals surface area (Å²) in [4.78, 5) is 23.5. The van der Waals surface area contributed by atoms with E-state index >= 15 is 0 Å². The Bertz CT molecular complexity index is 206. The fourth-order valence-electron chi connectivity index (χ4n) is 1.24. The van der Waals surface area contributed by atoms with Crippen molar-refractivity contribution in [3.63, 3.8) is 0 Å². The quantitative estimate of drug-likeness (QED) is 0.595. The molecule has 4 N–H and O–H groups in total. The first-order valence-corrected chi connectivity index (χ1v) is 4.72. The number of carbonyl (C=O) groups excluding carboxylic acids is 2. The highest BCUT2D eigenvalue weighted by atomic mass is 16.2. The van der Waals surface area contributed by atoms with Crippen LogP contribution in [-0.4, -0.2) is 36.9 Å². The van der Waals surface area contributed by atoms with E-state index in [0.717, 1.165) is 12.8 Å². The highest BCUT2D eigenvalue weighted by molar-refractivity contribution is 5.84. The van der Waals surface area contributed by atoms with Crippen LogP contribution in [0.4, 0.5) is 0 Å². The van der Waals surface area contributed by atoms with Crippen LogP contribution in [0.2, 0.25) is 0 Å². The zero-order chi connectivity index (χ0) is 11.1. The number of rotatable bonds is 6. The lowest BCUT2D eigenvalue weighted by Crippen LogP contribution is -2.38. The molecule has 0 saturated heterocycles. The van der Waals surface area contributed by atoms with Crippen molar-refractivity contribution < 1.29 is 9.59 Å². The van der Waals surface area contributed by atoms with Gasteiger partial charge in [0.2, 0.25) is 11.8 Å². The van der Waals surface area contributed by atoms with Crippen molar-refractivity contribution in [3.05, 3.63) is 0 Å². The maximum Gasteiger partial charge on any atom is 0.237 e. The topological polar surface area (TPSA) is 89.4 Å². The van der Waals surface area contributed by atoms with E-state index in [4.69, 9.17) is 11.5 Å². The van der Waals surface area contributed by atoms with Crippen molar-refractivity contribution in [2.24, 2.45) is 17.4 Å². The first kappa shape index (κ1) is 12.9. The standard InChI is InChI=1S/C9H19N3O2/c1-7(4-3-5-10)9(14)12(2)6-8(11)13/h7H,3-6,10H2,1-2H3,(H2,11,13). The zero-order valence-corrected chi connectivity index (χ0v) is 8.82. The molecule has 0 rings (SSSR count). The second-order valence-electron chi connectivity index (χ2n) is 3.49. The van der Waals surface area contributed by atoms with Gasteiger partial charge in [0, 0.05) is 13.0 Å². The number of nitrogens with zero attached hydrogens (tertiary/aromatic N) is 1. The predicted octanol–water partition coefficient (Wildman–Crippen LogP) is -0.695. The first-order valence-electron chi connectivity index (χ1n) is 4.72. The van der Waals surface area contributed by atoms with Crippen LogP contribution < -0.4 is 11.5 Å². The van der Waals surface area contributed by atoms with Gasteiger partial charge in [0.15, 0.2) is 0 Å². The lowest BCUT2D eigenvalue weighted by atomic mass is 10.0. The molecule has 1 unspecified atom stereocenters. The van der Waals surface area contributed by atoms with Crippen LogP contribution in [0.1, 0.15) is 19.8 Å². The lowest BCUT2D eigenvalue weighted by molar-refractivity contribution is -0.137.